The Hall–Kier alpha value is -0.650. The van der Waals surface area contributed by atoms with Gasteiger partial charge in [0.2, 0.25) is 5.91 Å². The second-order valence-corrected chi connectivity index (χ2v) is 6.20. The summed E-state index contributed by atoms with van der Waals surface area (Å²) in [7, 11) is 4.04. The number of hydrogen-bond donors (Lipinski definition) is 3. The van der Waals surface area contributed by atoms with Crippen molar-refractivity contribution in [3.63, 3.8) is 0 Å². The van der Waals surface area contributed by atoms with Crippen LogP contribution in [0.15, 0.2) is 0 Å². The van der Waals surface area contributed by atoms with Gasteiger partial charge in [0, 0.05) is 25.7 Å². The van der Waals surface area contributed by atoms with Crippen molar-refractivity contribution in [2.24, 2.45) is 5.41 Å². The van der Waals surface area contributed by atoms with E-state index in [-0.39, 0.29) is 11.3 Å². The molecular formula is C14H30N4O. The minimum atomic E-state index is -0.345. The zero-order valence-corrected chi connectivity index (χ0v) is 12.9. The van der Waals surface area contributed by atoms with Crippen LogP contribution in [0.2, 0.25) is 0 Å². The SMILES string of the molecule is CNCC(C)(C)C(=O)NCCNC1CCN(C)CC1. The predicted octanol–water partition coefficient (Wildman–Crippen LogP) is 0.0320. The van der Waals surface area contributed by atoms with E-state index in [1.54, 1.807) is 0 Å². The quantitative estimate of drug-likeness (QED) is 0.572. The fourth-order valence-electron chi connectivity index (χ4n) is 2.43. The Bertz CT molecular complexity index is 273. The van der Waals surface area contributed by atoms with Gasteiger partial charge in [-0.15, -0.1) is 0 Å². The van der Waals surface area contributed by atoms with E-state index < -0.39 is 0 Å². The molecule has 1 aliphatic rings. The summed E-state index contributed by atoms with van der Waals surface area (Å²) in [5.41, 5.74) is -0.345. The number of carbonyl (C=O) groups excluding carboxylic acids is 1. The molecule has 1 amide bonds. The van der Waals surface area contributed by atoms with Crippen molar-refractivity contribution in [1.82, 2.24) is 20.9 Å². The lowest BCUT2D eigenvalue weighted by atomic mass is 9.92. The number of amides is 1. The number of piperidine rings is 1. The number of hydrogen-bond acceptors (Lipinski definition) is 4. The first-order valence-electron chi connectivity index (χ1n) is 7.30. The Morgan fingerprint density at radius 3 is 2.47 bits per heavy atom. The smallest absolute Gasteiger partial charge is 0.226 e. The molecule has 0 aromatic heterocycles. The second kappa shape index (κ2) is 7.82. The average Bonchev–Trinajstić information content (AvgIpc) is 2.36. The number of likely N-dealkylation sites (tertiary alicyclic amines) is 1. The number of rotatable bonds is 7. The first kappa shape index (κ1) is 16.4. The average molecular weight is 270 g/mol. The lowest BCUT2D eigenvalue weighted by Gasteiger charge is -2.30. The molecule has 0 atom stereocenters. The van der Waals surface area contributed by atoms with E-state index in [0.717, 1.165) is 6.54 Å². The van der Waals surface area contributed by atoms with Gasteiger partial charge in [0.1, 0.15) is 0 Å². The van der Waals surface area contributed by atoms with Gasteiger partial charge >= 0.3 is 0 Å². The summed E-state index contributed by atoms with van der Waals surface area (Å²) in [6.07, 6.45) is 2.41. The van der Waals surface area contributed by atoms with Crippen molar-refractivity contribution >= 4 is 5.91 Å². The molecule has 5 heteroatoms. The first-order valence-corrected chi connectivity index (χ1v) is 7.30. The third kappa shape index (κ3) is 5.89. The van der Waals surface area contributed by atoms with Gasteiger partial charge in [-0.05, 0) is 53.9 Å². The molecule has 0 bridgehead atoms. The zero-order chi connectivity index (χ0) is 14.3. The highest BCUT2D eigenvalue weighted by atomic mass is 16.2. The summed E-state index contributed by atoms with van der Waals surface area (Å²) in [6.45, 7) is 8.51. The molecule has 1 fully saturated rings. The molecule has 0 radical (unpaired) electrons. The molecule has 1 heterocycles. The van der Waals surface area contributed by atoms with Crippen molar-refractivity contribution in [3.05, 3.63) is 0 Å². The second-order valence-electron chi connectivity index (χ2n) is 6.20. The van der Waals surface area contributed by atoms with Crippen molar-refractivity contribution in [3.8, 4) is 0 Å². The maximum atomic E-state index is 12.0. The van der Waals surface area contributed by atoms with Crippen LogP contribution in [0.4, 0.5) is 0 Å². The Labute approximate surface area is 117 Å². The molecule has 0 unspecified atom stereocenters. The standard InChI is InChI=1S/C14H30N4O/c1-14(2,11-15-3)13(19)17-8-7-16-12-5-9-18(4)10-6-12/h12,15-16H,5-11H2,1-4H3,(H,17,19). The summed E-state index contributed by atoms with van der Waals surface area (Å²) in [5, 5.41) is 9.58. The normalized spacial score (nSPS) is 18.5. The van der Waals surface area contributed by atoms with Crippen molar-refractivity contribution in [1.29, 1.82) is 0 Å². The Morgan fingerprint density at radius 2 is 1.89 bits per heavy atom. The van der Waals surface area contributed by atoms with Crippen LogP contribution in [0.1, 0.15) is 26.7 Å². The first-order chi connectivity index (χ1) is 8.95. The fourth-order valence-corrected chi connectivity index (χ4v) is 2.43. The molecule has 1 rings (SSSR count). The van der Waals surface area contributed by atoms with Crippen molar-refractivity contribution < 1.29 is 4.79 Å². The molecule has 3 N–H and O–H groups in total. The molecule has 5 nitrogen and oxygen atoms in total. The van der Waals surface area contributed by atoms with Crippen molar-refractivity contribution in [2.75, 3.05) is 46.8 Å². The monoisotopic (exact) mass is 270 g/mol. The molecule has 1 aliphatic heterocycles. The van der Waals surface area contributed by atoms with E-state index in [1.807, 2.05) is 20.9 Å². The van der Waals surface area contributed by atoms with Crippen LogP contribution in [0, 0.1) is 5.41 Å². The van der Waals surface area contributed by atoms with Gasteiger partial charge < -0.3 is 20.9 Å². The predicted molar refractivity (Wildman–Crippen MR) is 79.2 cm³/mol. The van der Waals surface area contributed by atoms with Gasteiger partial charge in [0.25, 0.3) is 0 Å². The Balaban J connectivity index is 2.12. The van der Waals surface area contributed by atoms with Gasteiger partial charge in [-0.3, -0.25) is 4.79 Å². The van der Waals surface area contributed by atoms with Gasteiger partial charge in [0.15, 0.2) is 0 Å². The molecule has 19 heavy (non-hydrogen) atoms. The molecule has 0 spiro atoms. The summed E-state index contributed by atoms with van der Waals surface area (Å²) in [6, 6.07) is 0.610. The molecule has 0 aromatic rings. The van der Waals surface area contributed by atoms with E-state index in [4.69, 9.17) is 0 Å². The van der Waals surface area contributed by atoms with Gasteiger partial charge in [0.05, 0.1) is 5.41 Å². The van der Waals surface area contributed by atoms with E-state index in [0.29, 0.717) is 19.1 Å². The van der Waals surface area contributed by atoms with Crippen LogP contribution in [0.3, 0.4) is 0 Å². The fraction of sp³-hybridized carbons (Fsp3) is 0.929. The molecule has 1 saturated heterocycles. The highest BCUT2D eigenvalue weighted by Gasteiger charge is 2.26. The topological polar surface area (TPSA) is 56.4 Å². The van der Waals surface area contributed by atoms with Crippen LogP contribution in [-0.2, 0) is 4.79 Å². The van der Waals surface area contributed by atoms with Gasteiger partial charge in [-0.25, -0.2) is 0 Å². The largest absolute Gasteiger partial charge is 0.354 e. The number of nitrogens with zero attached hydrogens (tertiary/aromatic N) is 1. The van der Waals surface area contributed by atoms with E-state index in [1.165, 1.54) is 25.9 Å². The highest BCUT2D eigenvalue weighted by molar-refractivity contribution is 5.82. The maximum Gasteiger partial charge on any atom is 0.226 e. The lowest BCUT2D eigenvalue weighted by Crippen LogP contribution is -2.46. The van der Waals surface area contributed by atoms with E-state index in [9.17, 15) is 4.79 Å². The Morgan fingerprint density at radius 1 is 1.26 bits per heavy atom. The Kier molecular flexibility index (Phi) is 6.75. The van der Waals surface area contributed by atoms with Crippen LogP contribution < -0.4 is 16.0 Å². The van der Waals surface area contributed by atoms with Crippen LogP contribution in [-0.4, -0.2) is 63.7 Å². The number of carbonyl (C=O) groups is 1. The zero-order valence-electron chi connectivity index (χ0n) is 12.9. The van der Waals surface area contributed by atoms with Crippen LogP contribution >= 0.6 is 0 Å². The minimum Gasteiger partial charge on any atom is -0.354 e. The minimum absolute atomic E-state index is 0.118. The maximum absolute atomic E-state index is 12.0. The number of nitrogens with one attached hydrogen (secondary N) is 3. The van der Waals surface area contributed by atoms with Crippen LogP contribution in [0.5, 0.6) is 0 Å². The van der Waals surface area contributed by atoms with Gasteiger partial charge in [-0.1, -0.05) is 0 Å². The van der Waals surface area contributed by atoms with Gasteiger partial charge in [-0.2, -0.15) is 0 Å². The third-order valence-electron chi connectivity index (χ3n) is 3.80. The summed E-state index contributed by atoms with van der Waals surface area (Å²) in [4.78, 5) is 14.3. The molecule has 0 saturated carbocycles. The summed E-state index contributed by atoms with van der Waals surface area (Å²) < 4.78 is 0. The lowest BCUT2D eigenvalue weighted by molar-refractivity contribution is -0.129. The molecule has 0 aliphatic carbocycles. The third-order valence-corrected chi connectivity index (χ3v) is 3.80. The van der Waals surface area contributed by atoms with E-state index in [2.05, 4.69) is 27.9 Å². The summed E-state index contributed by atoms with van der Waals surface area (Å²) >= 11 is 0. The summed E-state index contributed by atoms with van der Waals surface area (Å²) in [5.74, 6) is 0.118. The van der Waals surface area contributed by atoms with Crippen LogP contribution in [0.25, 0.3) is 0 Å². The molecule has 112 valence electrons. The molecular weight excluding hydrogens is 240 g/mol. The van der Waals surface area contributed by atoms with E-state index >= 15 is 0 Å². The highest BCUT2D eigenvalue weighted by Crippen LogP contribution is 2.12. The van der Waals surface area contributed by atoms with Crippen molar-refractivity contribution in [2.45, 2.75) is 32.7 Å². The molecule has 0 aromatic carbocycles.